The van der Waals surface area contributed by atoms with Gasteiger partial charge in [-0.1, -0.05) is 267 Å². The smallest absolute Gasteiger partial charge is 0.180 e. The first-order valence-corrected chi connectivity index (χ1v) is 26.5. The van der Waals surface area contributed by atoms with Crippen LogP contribution in [0.2, 0.25) is 0 Å². The molecule has 0 saturated heterocycles. The molecule has 73 heavy (non-hydrogen) atoms. The van der Waals surface area contributed by atoms with Gasteiger partial charge in [-0.15, -0.1) is 0 Å². The maximum Gasteiger partial charge on any atom is 0.180 e. The van der Waals surface area contributed by atoms with Crippen molar-refractivity contribution in [3.8, 4) is 102 Å². The van der Waals surface area contributed by atoms with Crippen LogP contribution in [-0.2, 0) is 0 Å². The first kappa shape index (κ1) is 43.5. The van der Waals surface area contributed by atoms with E-state index in [4.69, 9.17) is 29.9 Å². The van der Waals surface area contributed by atoms with Gasteiger partial charge in [0.05, 0.1) is 0 Å². The molecule has 0 N–H and O–H groups in total. The van der Waals surface area contributed by atoms with Crippen LogP contribution in [0.3, 0.4) is 0 Å². The third-order valence-electron chi connectivity index (χ3n) is 13.9. The zero-order chi connectivity index (χ0) is 48.6. The molecule has 0 spiro atoms. The van der Waals surface area contributed by atoms with Gasteiger partial charge in [-0.2, -0.15) is 0 Å². The minimum absolute atomic E-state index is 0.619. The topological polar surface area (TPSA) is 77.3 Å². The summed E-state index contributed by atoms with van der Waals surface area (Å²) in [6.45, 7) is 0. The Hall–Kier alpha value is -9.56. The number of rotatable bonds is 10. The molecule has 13 rings (SSSR count). The van der Waals surface area contributed by atoms with Gasteiger partial charge in [0.1, 0.15) is 0 Å². The molecule has 2 aromatic heterocycles. The largest absolute Gasteiger partial charge is 0.208 e. The Bertz CT molecular complexity index is 3600. The summed E-state index contributed by atoms with van der Waals surface area (Å²) >= 11 is 0. The van der Waals surface area contributed by atoms with Crippen molar-refractivity contribution in [3.05, 3.63) is 267 Å². The van der Waals surface area contributed by atoms with Crippen molar-refractivity contribution in [2.45, 2.75) is 0 Å². The molecule has 0 bridgehead atoms. The molecule has 3 heterocycles. The molecule has 0 fully saturated rings. The number of aromatic nitrogens is 6. The monoisotopic (exact) mass is 948 g/mol. The van der Waals surface area contributed by atoms with Crippen molar-refractivity contribution in [1.29, 1.82) is 0 Å². The number of fused-ring (bicyclic) bond motifs is 3. The quantitative estimate of drug-likeness (QED) is 0.127. The van der Waals surface area contributed by atoms with Gasteiger partial charge in [0.15, 0.2) is 43.0 Å². The lowest BCUT2D eigenvalue weighted by Crippen LogP contribution is -2.72. The summed E-state index contributed by atoms with van der Waals surface area (Å²) in [7, 11) is -3.04. The Morgan fingerprint density at radius 1 is 0.192 bits per heavy atom. The Balaban J connectivity index is 0.990. The second kappa shape index (κ2) is 18.6. The summed E-state index contributed by atoms with van der Waals surface area (Å²) in [6.07, 6.45) is 0. The summed E-state index contributed by atoms with van der Waals surface area (Å²) in [5.41, 5.74) is 12.4. The third-order valence-corrected chi connectivity index (χ3v) is 18.7. The lowest BCUT2D eigenvalue weighted by Gasteiger charge is -2.32. The Morgan fingerprint density at radius 3 is 0.795 bits per heavy atom. The minimum Gasteiger partial charge on any atom is -0.208 e. The number of hydrogen-bond acceptors (Lipinski definition) is 6. The van der Waals surface area contributed by atoms with E-state index in [-0.39, 0.29) is 0 Å². The number of hydrogen-bond donors (Lipinski definition) is 0. The van der Waals surface area contributed by atoms with Gasteiger partial charge < -0.3 is 0 Å². The maximum absolute atomic E-state index is 5.19. The molecule has 12 aromatic rings. The Kier molecular flexibility index (Phi) is 11.1. The van der Waals surface area contributed by atoms with E-state index in [9.17, 15) is 0 Å². The maximum atomic E-state index is 5.19. The summed E-state index contributed by atoms with van der Waals surface area (Å²) in [6, 6.07) is 94.2. The highest BCUT2D eigenvalue weighted by Crippen LogP contribution is 2.36. The van der Waals surface area contributed by atoms with E-state index in [1.807, 2.05) is 72.8 Å². The normalized spacial score (nSPS) is 12.2. The van der Waals surface area contributed by atoms with Gasteiger partial charge in [-0.05, 0) is 54.1 Å². The molecule has 6 nitrogen and oxygen atoms in total. The second-order valence-corrected chi connectivity index (χ2v) is 21.9. The molecule has 0 amide bonds. The van der Waals surface area contributed by atoms with E-state index in [0.29, 0.717) is 34.9 Å². The first-order chi connectivity index (χ1) is 36.2. The molecule has 7 heteroatoms. The Labute approximate surface area is 425 Å². The van der Waals surface area contributed by atoms with Crippen LogP contribution < -0.4 is 20.7 Å². The summed E-state index contributed by atoms with van der Waals surface area (Å²) in [4.78, 5) is 30.8. The van der Waals surface area contributed by atoms with Crippen LogP contribution in [0.25, 0.3) is 102 Å². The highest BCUT2D eigenvalue weighted by atomic mass is 28.3. The molecule has 1 aliphatic heterocycles. The lowest BCUT2D eigenvalue weighted by molar-refractivity contribution is 1.07. The molecule has 1 aliphatic rings. The second-order valence-electron chi connectivity index (χ2n) is 18.2. The molecule has 10 aromatic carbocycles. The van der Waals surface area contributed by atoms with Crippen LogP contribution in [0.5, 0.6) is 0 Å². The fourth-order valence-electron chi connectivity index (χ4n) is 10.6. The van der Waals surface area contributed by atoms with Crippen molar-refractivity contribution >= 4 is 28.8 Å². The first-order valence-electron chi connectivity index (χ1n) is 24.5. The van der Waals surface area contributed by atoms with Crippen LogP contribution >= 0.6 is 0 Å². The van der Waals surface area contributed by atoms with E-state index in [1.54, 1.807) is 0 Å². The van der Waals surface area contributed by atoms with E-state index in [0.717, 1.165) is 55.6 Å². The average Bonchev–Trinajstić information content (AvgIpc) is 3.79. The van der Waals surface area contributed by atoms with E-state index >= 15 is 0 Å². The zero-order valence-corrected chi connectivity index (χ0v) is 40.6. The van der Waals surface area contributed by atoms with Crippen LogP contribution in [0, 0.1) is 0 Å². The lowest BCUT2D eigenvalue weighted by atomic mass is 9.99. The SMILES string of the molecule is c1ccc(-c2nc(-c3ccccc3)nc(-c3ccccc3-c3cccc([Si]4(c5cccc(-c6ccccc6-c6nc(-c7ccccc7)nc(-c7ccccc7)n6)c5)c5ccccc5-c5ccccc54)c3)n2)cc1. The van der Waals surface area contributed by atoms with Crippen molar-refractivity contribution < 1.29 is 0 Å². The van der Waals surface area contributed by atoms with Crippen LogP contribution in [-0.4, -0.2) is 38.0 Å². The fraction of sp³-hybridized carbons (Fsp3) is 0. The Morgan fingerprint density at radius 2 is 0.452 bits per heavy atom. The zero-order valence-electron chi connectivity index (χ0n) is 39.6. The standard InChI is InChI=1S/C66H44N6Si/c1-5-23-45(24-6-1)61-67-62(46-25-7-2-8-26-46)70-65(69-61)57-39-15-13-35-53(57)49-31-21-33-51(43-49)73(59-41-19-17-37-55(59)56-38-18-20-42-60(56)73)52-34-22-32-50(44-52)54-36-14-16-40-58(54)66-71-63(47-27-9-3-10-28-47)68-64(72-66)48-29-11-4-12-30-48/h1-44H. The number of benzene rings is 10. The van der Waals surface area contributed by atoms with Gasteiger partial charge in [0.25, 0.3) is 0 Å². The molecule has 0 saturated carbocycles. The predicted octanol–water partition coefficient (Wildman–Crippen LogP) is 12.8. The van der Waals surface area contributed by atoms with E-state index < -0.39 is 8.07 Å². The molecule has 0 radical (unpaired) electrons. The van der Waals surface area contributed by atoms with Gasteiger partial charge >= 0.3 is 0 Å². The molecule has 0 aliphatic carbocycles. The van der Waals surface area contributed by atoms with E-state index in [1.165, 1.54) is 31.9 Å². The summed E-state index contributed by atoms with van der Waals surface area (Å²) in [5, 5.41) is 5.29. The van der Waals surface area contributed by atoms with Crippen LogP contribution in [0.1, 0.15) is 0 Å². The van der Waals surface area contributed by atoms with E-state index in [2.05, 4.69) is 194 Å². The highest BCUT2D eigenvalue weighted by Gasteiger charge is 2.48. The molecule has 0 unspecified atom stereocenters. The van der Waals surface area contributed by atoms with Crippen molar-refractivity contribution in [1.82, 2.24) is 29.9 Å². The van der Waals surface area contributed by atoms with Crippen molar-refractivity contribution in [3.63, 3.8) is 0 Å². The molecular formula is C66H44N6Si. The highest BCUT2D eigenvalue weighted by molar-refractivity contribution is 7.22. The fourth-order valence-corrected chi connectivity index (χ4v) is 15.8. The minimum atomic E-state index is -3.04. The molecule has 0 atom stereocenters. The van der Waals surface area contributed by atoms with Gasteiger partial charge in [-0.25, -0.2) is 29.9 Å². The third kappa shape index (κ3) is 7.85. The van der Waals surface area contributed by atoms with Crippen molar-refractivity contribution in [2.24, 2.45) is 0 Å². The van der Waals surface area contributed by atoms with Crippen molar-refractivity contribution in [2.75, 3.05) is 0 Å². The van der Waals surface area contributed by atoms with Gasteiger partial charge in [0, 0.05) is 33.4 Å². The van der Waals surface area contributed by atoms with Gasteiger partial charge in [0.2, 0.25) is 0 Å². The van der Waals surface area contributed by atoms with Gasteiger partial charge in [-0.3, -0.25) is 0 Å². The molecular weight excluding hydrogens is 905 g/mol. The van der Waals surface area contributed by atoms with Crippen LogP contribution in [0.4, 0.5) is 0 Å². The average molecular weight is 949 g/mol. The summed E-state index contributed by atoms with van der Waals surface area (Å²) in [5.74, 6) is 3.75. The van der Waals surface area contributed by atoms with Crippen LogP contribution in [0.15, 0.2) is 267 Å². The summed E-state index contributed by atoms with van der Waals surface area (Å²) < 4.78 is 0. The predicted molar refractivity (Wildman–Crippen MR) is 299 cm³/mol. The molecule has 342 valence electrons. The number of nitrogens with zero attached hydrogens (tertiary/aromatic N) is 6.